The molecule has 1 saturated carbocycles. The SMILES string of the molecule is CCC(CC1CCCC1)C(=O)N1CCCC(NC)C1.Cl. The number of amides is 1. The summed E-state index contributed by atoms with van der Waals surface area (Å²) in [4.78, 5) is 14.8. The summed E-state index contributed by atoms with van der Waals surface area (Å²) in [5.41, 5.74) is 0. The first-order valence-electron chi connectivity index (χ1n) is 8.20. The molecular weight excluding hydrogens is 272 g/mol. The van der Waals surface area contributed by atoms with Crippen LogP contribution in [0, 0.1) is 11.8 Å². The first-order valence-corrected chi connectivity index (χ1v) is 8.20. The minimum atomic E-state index is 0. The molecule has 1 aliphatic carbocycles. The maximum Gasteiger partial charge on any atom is 0.225 e. The number of carbonyl (C=O) groups excluding carboxylic acids is 1. The average molecular weight is 303 g/mol. The van der Waals surface area contributed by atoms with Crippen molar-refractivity contribution in [2.45, 2.75) is 64.3 Å². The van der Waals surface area contributed by atoms with E-state index in [9.17, 15) is 4.79 Å². The third-order valence-electron chi connectivity index (χ3n) is 5.08. The fourth-order valence-electron chi connectivity index (χ4n) is 3.76. The van der Waals surface area contributed by atoms with Gasteiger partial charge in [0.25, 0.3) is 0 Å². The molecule has 0 bridgehead atoms. The molecule has 2 unspecified atom stereocenters. The van der Waals surface area contributed by atoms with Gasteiger partial charge in [-0.25, -0.2) is 0 Å². The second-order valence-corrected chi connectivity index (χ2v) is 6.40. The van der Waals surface area contributed by atoms with Crippen LogP contribution in [0.3, 0.4) is 0 Å². The quantitative estimate of drug-likeness (QED) is 0.845. The Bertz CT molecular complexity index is 292. The topological polar surface area (TPSA) is 32.3 Å². The number of halogens is 1. The Morgan fingerprint density at radius 2 is 1.95 bits per heavy atom. The number of nitrogens with zero attached hydrogens (tertiary/aromatic N) is 1. The molecule has 0 radical (unpaired) electrons. The molecule has 2 rings (SSSR count). The van der Waals surface area contributed by atoms with Crippen LogP contribution in [0.2, 0.25) is 0 Å². The van der Waals surface area contributed by atoms with Gasteiger partial charge in [-0.3, -0.25) is 4.79 Å². The van der Waals surface area contributed by atoms with Gasteiger partial charge in [-0.05, 0) is 38.6 Å². The van der Waals surface area contributed by atoms with Crippen LogP contribution in [0.25, 0.3) is 0 Å². The lowest BCUT2D eigenvalue weighted by Crippen LogP contribution is -2.48. The smallest absolute Gasteiger partial charge is 0.225 e. The third kappa shape index (κ3) is 4.63. The van der Waals surface area contributed by atoms with Gasteiger partial charge in [0, 0.05) is 25.0 Å². The van der Waals surface area contributed by atoms with Crippen molar-refractivity contribution in [2.24, 2.45) is 11.8 Å². The maximum atomic E-state index is 12.7. The zero-order chi connectivity index (χ0) is 13.7. The fourth-order valence-corrected chi connectivity index (χ4v) is 3.76. The van der Waals surface area contributed by atoms with E-state index in [0.717, 1.165) is 38.3 Å². The van der Waals surface area contributed by atoms with Crippen molar-refractivity contribution < 1.29 is 4.79 Å². The van der Waals surface area contributed by atoms with Gasteiger partial charge in [-0.1, -0.05) is 32.6 Å². The summed E-state index contributed by atoms with van der Waals surface area (Å²) in [6.45, 7) is 4.06. The fraction of sp³-hybridized carbons (Fsp3) is 0.938. The second-order valence-electron chi connectivity index (χ2n) is 6.40. The van der Waals surface area contributed by atoms with E-state index in [0.29, 0.717) is 11.9 Å². The molecule has 4 heteroatoms. The molecule has 1 heterocycles. The van der Waals surface area contributed by atoms with Gasteiger partial charge in [-0.15, -0.1) is 12.4 Å². The molecule has 0 spiro atoms. The van der Waals surface area contributed by atoms with Crippen molar-refractivity contribution in [3.63, 3.8) is 0 Å². The van der Waals surface area contributed by atoms with Crippen LogP contribution < -0.4 is 5.32 Å². The van der Waals surface area contributed by atoms with Crippen LogP contribution in [0.4, 0.5) is 0 Å². The Morgan fingerprint density at radius 1 is 1.25 bits per heavy atom. The number of rotatable bonds is 5. The van der Waals surface area contributed by atoms with E-state index in [1.54, 1.807) is 0 Å². The summed E-state index contributed by atoms with van der Waals surface area (Å²) in [7, 11) is 2.01. The molecule has 2 fully saturated rings. The van der Waals surface area contributed by atoms with Crippen LogP contribution in [-0.4, -0.2) is 37.0 Å². The number of likely N-dealkylation sites (tertiary alicyclic amines) is 1. The molecule has 2 atom stereocenters. The number of hydrogen-bond donors (Lipinski definition) is 1. The molecule has 1 saturated heterocycles. The average Bonchev–Trinajstić information content (AvgIpc) is 2.97. The standard InChI is InChI=1S/C16H30N2O.ClH/c1-3-14(11-13-7-4-5-8-13)16(19)18-10-6-9-15(12-18)17-2;/h13-15,17H,3-12H2,1-2H3;1H. The number of likely N-dealkylation sites (N-methyl/N-ethyl adjacent to an activating group) is 1. The normalized spacial score (nSPS) is 25.3. The van der Waals surface area contributed by atoms with Crippen LogP contribution in [0.1, 0.15) is 58.3 Å². The van der Waals surface area contributed by atoms with Crippen LogP contribution in [0.5, 0.6) is 0 Å². The van der Waals surface area contributed by atoms with Gasteiger partial charge in [0.15, 0.2) is 0 Å². The van der Waals surface area contributed by atoms with Gasteiger partial charge in [0.2, 0.25) is 5.91 Å². The predicted octanol–water partition coefficient (Wildman–Crippen LogP) is 3.23. The molecule has 0 aromatic rings. The molecular formula is C16H31ClN2O. The van der Waals surface area contributed by atoms with E-state index in [2.05, 4.69) is 17.1 Å². The minimum absolute atomic E-state index is 0. The molecule has 1 amide bonds. The van der Waals surface area contributed by atoms with Crippen molar-refractivity contribution in [1.29, 1.82) is 0 Å². The lowest BCUT2D eigenvalue weighted by atomic mass is 9.89. The van der Waals surface area contributed by atoms with E-state index >= 15 is 0 Å². The zero-order valence-electron chi connectivity index (χ0n) is 13.1. The van der Waals surface area contributed by atoms with Crippen molar-refractivity contribution in [3.8, 4) is 0 Å². The van der Waals surface area contributed by atoms with Crippen molar-refractivity contribution in [3.05, 3.63) is 0 Å². The minimum Gasteiger partial charge on any atom is -0.341 e. The van der Waals surface area contributed by atoms with Gasteiger partial charge < -0.3 is 10.2 Å². The van der Waals surface area contributed by atoms with Crippen LogP contribution >= 0.6 is 12.4 Å². The molecule has 1 aliphatic heterocycles. The van der Waals surface area contributed by atoms with Crippen LogP contribution in [0.15, 0.2) is 0 Å². The monoisotopic (exact) mass is 302 g/mol. The summed E-state index contributed by atoms with van der Waals surface area (Å²) in [5, 5.41) is 3.32. The number of carbonyl (C=O) groups is 1. The number of piperidine rings is 1. The highest BCUT2D eigenvalue weighted by Gasteiger charge is 2.29. The number of hydrogen-bond acceptors (Lipinski definition) is 2. The molecule has 0 aromatic heterocycles. The molecule has 3 nitrogen and oxygen atoms in total. The second kappa shape index (κ2) is 8.89. The highest BCUT2D eigenvalue weighted by molar-refractivity contribution is 5.85. The first kappa shape index (κ1) is 17.8. The van der Waals surface area contributed by atoms with E-state index in [4.69, 9.17) is 0 Å². The molecule has 2 aliphatic rings. The lowest BCUT2D eigenvalue weighted by molar-refractivity contribution is -0.137. The summed E-state index contributed by atoms with van der Waals surface area (Å²) in [6, 6.07) is 0.502. The summed E-state index contributed by atoms with van der Waals surface area (Å²) < 4.78 is 0. The van der Waals surface area contributed by atoms with E-state index in [-0.39, 0.29) is 18.3 Å². The van der Waals surface area contributed by atoms with Crippen molar-refractivity contribution >= 4 is 18.3 Å². The highest BCUT2D eigenvalue weighted by Crippen LogP contribution is 2.32. The van der Waals surface area contributed by atoms with Gasteiger partial charge in [0.1, 0.15) is 0 Å². The molecule has 118 valence electrons. The van der Waals surface area contributed by atoms with E-state index in [1.165, 1.54) is 32.1 Å². The summed E-state index contributed by atoms with van der Waals surface area (Å²) >= 11 is 0. The van der Waals surface area contributed by atoms with Crippen LogP contribution in [-0.2, 0) is 4.79 Å². The first-order chi connectivity index (χ1) is 9.24. The van der Waals surface area contributed by atoms with Crippen molar-refractivity contribution in [1.82, 2.24) is 10.2 Å². The maximum absolute atomic E-state index is 12.7. The lowest BCUT2D eigenvalue weighted by Gasteiger charge is -2.35. The Labute approximate surface area is 130 Å². The summed E-state index contributed by atoms with van der Waals surface area (Å²) in [6.07, 6.45) is 9.95. The molecule has 1 N–H and O–H groups in total. The van der Waals surface area contributed by atoms with Gasteiger partial charge in [0.05, 0.1) is 0 Å². The van der Waals surface area contributed by atoms with E-state index in [1.807, 2.05) is 7.05 Å². The molecule has 20 heavy (non-hydrogen) atoms. The van der Waals surface area contributed by atoms with Gasteiger partial charge >= 0.3 is 0 Å². The summed E-state index contributed by atoms with van der Waals surface area (Å²) in [5.74, 6) is 1.52. The Balaban J connectivity index is 0.00000200. The zero-order valence-corrected chi connectivity index (χ0v) is 13.9. The largest absolute Gasteiger partial charge is 0.341 e. The predicted molar refractivity (Wildman–Crippen MR) is 86.3 cm³/mol. The third-order valence-corrected chi connectivity index (χ3v) is 5.08. The van der Waals surface area contributed by atoms with Crippen molar-refractivity contribution in [2.75, 3.05) is 20.1 Å². The Hall–Kier alpha value is -0.280. The van der Waals surface area contributed by atoms with Gasteiger partial charge in [-0.2, -0.15) is 0 Å². The number of nitrogens with one attached hydrogen (secondary N) is 1. The Morgan fingerprint density at radius 3 is 2.55 bits per heavy atom. The molecule has 0 aromatic carbocycles. The Kier molecular flexibility index (Phi) is 7.90. The highest BCUT2D eigenvalue weighted by atomic mass is 35.5. The van der Waals surface area contributed by atoms with E-state index < -0.39 is 0 Å².